The van der Waals surface area contributed by atoms with Gasteiger partial charge in [0.2, 0.25) is 9.84 Å². The maximum absolute atomic E-state index is 13.1. The molecule has 7 heteroatoms. The number of hydrogen-bond acceptors (Lipinski definition) is 4. The number of sulfone groups is 1. The molecule has 0 aliphatic carbocycles. The van der Waals surface area contributed by atoms with Crippen molar-refractivity contribution in [2.75, 3.05) is 11.4 Å². The van der Waals surface area contributed by atoms with Crippen molar-refractivity contribution in [2.24, 2.45) is 0 Å². The third-order valence-corrected chi connectivity index (χ3v) is 7.03. The molecule has 0 saturated carbocycles. The lowest BCUT2D eigenvalue weighted by molar-refractivity contribution is 0.519. The van der Waals surface area contributed by atoms with Crippen molar-refractivity contribution < 1.29 is 8.42 Å². The van der Waals surface area contributed by atoms with Crippen LogP contribution in [0.25, 0.3) is 0 Å². The summed E-state index contributed by atoms with van der Waals surface area (Å²) in [5.41, 5.74) is 2.43. The van der Waals surface area contributed by atoms with Gasteiger partial charge < -0.3 is 9.47 Å². The predicted molar refractivity (Wildman–Crippen MR) is 95.3 cm³/mol. The highest BCUT2D eigenvalue weighted by Gasteiger charge is 2.39. The van der Waals surface area contributed by atoms with Crippen LogP contribution in [0.2, 0.25) is 5.02 Å². The fourth-order valence-electron chi connectivity index (χ4n) is 3.88. The van der Waals surface area contributed by atoms with E-state index < -0.39 is 9.84 Å². The maximum atomic E-state index is 13.1. The first-order valence-electron chi connectivity index (χ1n) is 8.00. The van der Waals surface area contributed by atoms with Crippen LogP contribution in [0.1, 0.15) is 18.0 Å². The molecule has 2 aromatic carbocycles. The third-order valence-electron chi connectivity index (χ3n) is 4.96. The summed E-state index contributed by atoms with van der Waals surface area (Å²) >= 11 is 6.15. The van der Waals surface area contributed by atoms with Gasteiger partial charge in [-0.25, -0.2) is 13.4 Å². The van der Waals surface area contributed by atoms with Crippen molar-refractivity contribution in [3.63, 3.8) is 0 Å². The van der Waals surface area contributed by atoms with Gasteiger partial charge in [-0.3, -0.25) is 0 Å². The predicted octanol–water partition coefficient (Wildman–Crippen LogP) is 3.81. The second-order valence-corrected chi connectivity index (χ2v) is 8.60. The molecule has 0 amide bonds. The number of nitrogens with zero attached hydrogens (tertiary/aromatic N) is 3. The van der Waals surface area contributed by atoms with Crippen molar-refractivity contribution in [1.82, 2.24) is 9.55 Å². The van der Waals surface area contributed by atoms with Crippen molar-refractivity contribution in [1.29, 1.82) is 0 Å². The van der Waals surface area contributed by atoms with Gasteiger partial charge in [-0.2, -0.15) is 0 Å². The summed E-state index contributed by atoms with van der Waals surface area (Å²) in [6.45, 7) is 0.718. The largest absolute Gasteiger partial charge is 0.339 e. The Bertz CT molecular complexity index is 1090. The number of hydrogen-bond donors (Lipinski definition) is 0. The number of aromatic nitrogens is 2. The van der Waals surface area contributed by atoms with E-state index in [1.807, 2.05) is 22.9 Å². The Labute approximate surface area is 150 Å². The Balaban J connectivity index is 1.81. The number of benzene rings is 2. The van der Waals surface area contributed by atoms with Gasteiger partial charge in [0.05, 0.1) is 33.5 Å². The van der Waals surface area contributed by atoms with E-state index in [1.54, 1.807) is 36.8 Å². The monoisotopic (exact) mass is 371 g/mol. The minimum Gasteiger partial charge on any atom is -0.339 e. The molecular formula is C18H14ClN3O2S. The van der Waals surface area contributed by atoms with E-state index >= 15 is 0 Å². The number of imidazole rings is 1. The minimum absolute atomic E-state index is 0.0737. The van der Waals surface area contributed by atoms with E-state index in [0.29, 0.717) is 20.5 Å². The normalized spacial score (nSPS) is 20.0. The van der Waals surface area contributed by atoms with Crippen LogP contribution in [0.5, 0.6) is 0 Å². The van der Waals surface area contributed by atoms with E-state index in [2.05, 4.69) is 9.88 Å². The highest BCUT2D eigenvalue weighted by atomic mass is 35.5. The molecule has 0 radical (unpaired) electrons. The fraction of sp³-hybridized carbons (Fsp3) is 0.167. The van der Waals surface area contributed by atoms with Gasteiger partial charge in [0.15, 0.2) is 0 Å². The first-order chi connectivity index (χ1) is 12.1. The molecule has 126 valence electrons. The quantitative estimate of drug-likeness (QED) is 0.652. The SMILES string of the molecule is O=S1(=O)c2ccc(Cl)cc2N2CCC(n3ccnc3)c3cccc1c32. The van der Waals surface area contributed by atoms with E-state index in [9.17, 15) is 8.42 Å². The van der Waals surface area contributed by atoms with E-state index in [-0.39, 0.29) is 6.04 Å². The van der Waals surface area contributed by atoms with Gasteiger partial charge >= 0.3 is 0 Å². The Morgan fingerprint density at radius 2 is 2.04 bits per heavy atom. The summed E-state index contributed by atoms with van der Waals surface area (Å²) in [7, 11) is -3.57. The molecule has 2 aliphatic rings. The second kappa shape index (κ2) is 5.09. The third kappa shape index (κ3) is 2.01. The number of anilines is 2. The van der Waals surface area contributed by atoms with E-state index in [0.717, 1.165) is 24.2 Å². The summed E-state index contributed by atoms with van der Waals surface area (Å²) < 4.78 is 28.3. The Hall–Kier alpha value is -2.31. The van der Waals surface area contributed by atoms with Crippen LogP contribution in [0, 0.1) is 0 Å². The molecular weight excluding hydrogens is 358 g/mol. The van der Waals surface area contributed by atoms with Gasteiger partial charge in [-0.05, 0) is 30.7 Å². The maximum Gasteiger partial charge on any atom is 0.210 e. The van der Waals surface area contributed by atoms with Crippen LogP contribution in [0.3, 0.4) is 0 Å². The van der Waals surface area contributed by atoms with Crippen molar-refractivity contribution in [2.45, 2.75) is 22.3 Å². The molecule has 3 aromatic rings. The van der Waals surface area contributed by atoms with Crippen LogP contribution in [0.15, 0.2) is 64.9 Å². The molecule has 1 aromatic heterocycles. The van der Waals surface area contributed by atoms with Crippen LogP contribution in [-0.2, 0) is 9.84 Å². The Kier molecular flexibility index (Phi) is 3.05. The number of halogens is 1. The lowest BCUT2D eigenvalue weighted by atomic mass is 9.95. The van der Waals surface area contributed by atoms with E-state index in [4.69, 9.17) is 11.6 Å². The van der Waals surface area contributed by atoms with Crippen LogP contribution >= 0.6 is 11.6 Å². The zero-order valence-electron chi connectivity index (χ0n) is 13.1. The molecule has 1 unspecified atom stereocenters. The summed E-state index contributed by atoms with van der Waals surface area (Å²) in [6, 6.07) is 10.6. The van der Waals surface area contributed by atoms with Crippen LogP contribution in [-0.4, -0.2) is 24.5 Å². The first-order valence-corrected chi connectivity index (χ1v) is 9.86. The Morgan fingerprint density at radius 3 is 2.84 bits per heavy atom. The molecule has 1 atom stereocenters. The summed E-state index contributed by atoms with van der Waals surface area (Å²) in [4.78, 5) is 6.91. The first kappa shape index (κ1) is 15.0. The number of fused-ring (bicyclic) bond motifs is 2. The summed E-state index contributed by atoms with van der Waals surface area (Å²) in [6.07, 6.45) is 6.30. The smallest absolute Gasteiger partial charge is 0.210 e. The van der Waals surface area contributed by atoms with Gasteiger partial charge in [0.1, 0.15) is 0 Å². The summed E-state index contributed by atoms with van der Waals surface area (Å²) in [5, 5.41) is 0.534. The summed E-state index contributed by atoms with van der Waals surface area (Å²) in [5.74, 6) is 0. The minimum atomic E-state index is -3.57. The average Bonchev–Trinajstić information content (AvgIpc) is 3.13. The molecule has 0 saturated heterocycles. The highest BCUT2D eigenvalue weighted by molar-refractivity contribution is 7.92. The zero-order chi connectivity index (χ0) is 17.2. The van der Waals surface area contributed by atoms with Crippen molar-refractivity contribution in [3.05, 3.63) is 65.7 Å². The topological polar surface area (TPSA) is 55.2 Å². The molecule has 25 heavy (non-hydrogen) atoms. The lowest BCUT2D eigenvalue weighted by Gasteiger charge is -2.40. The molecule has 2 aliphatic heterocycles. The number of para-hydroxylation sites is 1. The van der Waals surface area contributed by atoms with Crippen molar-refractivity contribution >= 4 is 32.8 Å². The van der Waals surface area contributed by atoms with Crippen molar-refractivity contribution in [3.8, 4) is 0 Å². The molecule has 0 spiro atoms. The standard InChI is InChI=1S/C18H14ClN3O2S/c19-12-4-5-16-15(10-12)22-8-6-14(21-9-7-20-11-21)13-2-1-3-17(18(13)22)25(16,23)24/h1-5,7,9-11,14H,6,8H2. The van der Waals surface area contributed by atoms with Gasteiger partial charge in [-0.1, -0.05) is 23.7 Å². The molecule has 5 nitrogen and oxygen atoms in total. The van der Waals surface area contributed by atoms with Crippen LogP contribution < -0.4 is 4.90 Å². The lowest BCUT2D eigenvalue weighted by Crippen LogP contribution is -2.34. The zero-order valence-corrected chi connectivity index (χ0v) is 14.7. The number of rotatable bonds is 1. The highest BCUT2D eigenvalue weighted by Crippen LogP contribution is 2.50. The molecule has 3 heterocycles. The van der Waals surface area contributed by atoms with Crippen LogP contribution in [0.4, 0.5) is 11.4 Å². The molecule has 0 bridgehead atoms. The molecule has 0 fully saturated rings. The van der Waals surface area contributed by atoms with Gasteiger partial charge in [0.25, 0.3) is 0 Å². The van der Waals surface area contributed by atoms with Gasteiger partial charge in [-0.15, -0.1) is 0 Å². The molecule has 5 rings (SSSR count). The average molecular weight is 372 g/mol. The van der Waals surface area contributed by atoms with E-state index in [1.165, 1.54) is 0 Å². The van der Waals surface area contributed by atoms with Gasteiger partial charge in [0, 0.05) is 29.5 Å². The fourth-order valence-corrected chi connectivity index (χ4v) is 5.72. The second-order valence-electron chi connectivity index (χ2n) is 6.28. The molecule has 0 N–H and O–H groups in total. The Morgan fingerprint density at radius 1 is 1.16 bits per heavy atom.